The minimum atomic E-state index is -0.759. The van der Waals surface area contributed by atoms with Crippen LogP contribution in [0, 0.1) is 0 Å². The number of nitrogens with two attached hydrogens (primary N) is 1. The van der Waals surface area contributed by atoms with Gasteiger partial charge in [-0.2, -0.15) is 5.10 Å². The number of carbonyl (C=O) groups is 1. The molecule has 14 heavy (non-hydrogen) atoms. The van der Waals surface area contributed by atoms with Gasteiger partial charge in [0.25, 0.3) is 5.91 Å². The number of nitrogens with one attached hydrogen (secondary N) is 1. The number of aromatic nitrogens is 3. The van der Waals surface area contributed by atoms with Crippen LogP contribution in [0.25, 0.3) is 11.0 Å². The molecule has 6 heteroatoms. The molecule has 0 saturated heterocycles. The third-order valence-corrected chi connectivity index (χ3v) is 1.83. The molecule has 3 N–H and O–H groups in total. The first kappa shape index (κ1) is 8.36. The van der Waals surface area contributed by atoms with Crippen molar-refractivity contribution in [3.05, 3.63) is 34.2 Å². The summed E-state index contributed by atoms with van der Waals surface area (Å²) in [6.07, 6.45) is 2.62. The Morgan fingerprint density at radius 1 is 1.50 bits per heavy atom. The van der Waals surface area contributed by atoms with Gasteiger partial charge in [0.1, 0.15) is 5.56 Å². The Morgan fingerprint density at radius 2 is 2.29 bits per heavy atom. The van der Waals surface area contributed by atoms with Crippen LogP contribution in [0.5, 0.6) is 0 Å². The number of amides is 1. The average molecular weight is 190 g/mol. The first-order chi connectivity index (χ1) is 6.70. The summed E-state index contributed by atoms with van der Waals surface area (Å²) in [4.78, 5) is 25.1. The topological polar surface area (TPSA) is 102 Å². The second kappa shape index (κ2) is 2.91. The zero-order valence-electron chi connectivity index (χ0n) is 7.02. The van der Waals surface area contributed by atoms with Crippen molar-refractivity contribution in [2.24, 2.45) is 5.73 Å². The highest BCUT2D eigenvalue weighted by molar-refractivity contribution is 5.95. The molecule has 2 rings (SSSR count). The van der Waals surface area contributed by atoms with Crippen molar-refractivity contribution in [1.82, 2.24) is 15.2 Å². The van der Waals surface area contributed by atoms with E-state index in [1.807, 2.05) is 0 Å². The van der Waals surface area contributed by atoms with E-state index >= 15 is 0 Å². The summed E-state index contributed by atoms with van der Waals surface area (Å²) in [5.41, 5.74) is 4.84. The van der Waals surface area contributed by atoms with E-state index in [2.05, 4.69) is 15.2 Å². The maximum absolute atomic E-state index is 11.6. The molecule has 0 radical (unpaired) electrons. The Kier molecular flexibility index (Phi) is 1.74. The zero-order chi connectivity index (χ0) is 10.1. The summed E-state index contributed by atoms with van der Waals surface area (Å²) in [6.45, 7) is 0. The van der Waals surface area contributed by atoms with Gasteiger partial charge in [-0.15, -0.1) is 5.10 Å². The van der Waals surface area contributed by atoms with Gasteiger partial charge in [-0.3, -0.25) is 9.59 Å². The summed E-state index contributed by atoms with van der Waals surface area (Å²) in [6, 6.07) is 1.48. The van der Waals surface area contributed by atoms with Crippen LogP contribution in [0.4, 0.5) is 0 Å². The lowest BCUT2D eigenvalue weighted by molar-refractivity contribution is 0.0999. The number of aromatic amines is 1. The molecule has 70 valence electrons. The van der Waals surface area contributed by atoms with Crippen LogP contribution in [0.3, 0.4) is 0 Å². The van der Waals surface area contributed by atoms with Crippen LogP contribution in [0.1, 0.15) is 10.4 Å². The van der Waals surface area contributed by atoms with Gasteiger partial charge < -0.3 is 10.7 Å². The fourth-order valence-corrected chi connectivity index (χ4v) is 1.16. The standard InChI is InChI=1S/C8H6N4O2/c9-7(14)5-3-10-8-4(6(5)13)1-2-11-12-8/h1-3H,(H2,9,14)(H,10,12,13). The zero-order valence-corrected chi connectivity index (χ0v) is 7.02. The molecule has 0 aliphatic heterocycles. The molecular formula is C8H6N4O2. The van der Waals surface area contributed by atoms with E-state index in [1.165, 1.54) is 18.5 Å². The number of hydrogen-bond donors (Lipinski definition) is 2. The number of primary amides is 1. The average Bonchev–Trinajstić information content (AvgIpc) is 2.18. The maximum atomic E-state index is 11.6. The van der Waals surface area contributed by atoms with Crippen LogP contribution in [-0.4, -0.2) is 21.1 Å². The van der Waals surface area contributed by atoms with Crippen molar-refractivity contribution in [3.8, 4) is 0 Å². The monoisotopic (exact) mass is 190 g/mol. The van der Waals surface area contributed by atoms with Gasteiger partial charge in [-0.25, -0.2) is 0 Å². The van der Waals surface area contributed by atoms with Gasteiger partial charge in [0.2, 0.25) is 5.43 Å². The Hall–Kier alpha value is -2.24. The quantitative estimate of drug-likeness (QED) is 0.627. The van der Waals surface area contributed by atoms with Crippen LogP contribution in [0.15, 0.2) is 23.3 Å². The van der Waals surface area contributed by atoms with Crippen molar-refractivity contribution >= 4 is 16.9 Å². The molecule has 0 saturated carbocycles. The van der Waals surface area contributed by atoms with E-state index in [4.69, 9.17) is 5.73 Å². The molecule has 6 nitrogen and oxygen atoms in total. The molecule has 0 unspecified atom stereocenters. The largest absolute Gasteiger partial charge is 0.365 e. The molecule has 0 fully saturated rings. The fourth-order valence-electron chi connectivity index (χ4n) is 1.16. The minimum Gasteiger partial charge on any atom is -0.365 e. The second-order valence-corrected chi connectivity index (χ2v) is 2.69. The lowest BCUT2D eigenvalue weighted by atomic mass is 10.2. The van der Waals surface area contributed by atoms with Crippen molar-refractivity contribution < 1.29 is 4.79 Å². The first-order valence-corrected chi connectivity index (χ1v) is 3.83. The van der Waals surface area contributed by atoms with E-state index < -0.39 is 11.3 Å². The van der Waals surface area contributed by atoms with Gasteiger partial charge in [-0.1, -0.05) is 0 Å². The van der Waals surface area contributed by atoms with Crippen LogP contribution in [0.2, 0.25) is 0 Å². The first-order valence-electron chi connectivity index (χ1n) is 3.83. The molecule has 0 aliphatic carbocycles. The van der Waals surface area contributed by atoms with Crippen molar-refractivity contribution in [2.45, 2.75) is 0 Å². The predicted molar refractivity (Wildman–Crippen MR) is 48.7 cm³/mol. The summed E-state index contributed by atoms with van der Waals surface area (Å²) in [7, 11) is 0. The van der Waals surface area contributed by atoms with Gasteiger partial charge in [0, 0.05) is 6.20 Å². The van der Waals surface area contributed by atoms with Crippen molar-refractivity contribution in [2.75, 3.05) is 0 Å². The Balaban J connectivity index is 2.89. The molecule has 0 atom stereocenters. The Morgan fingerprint density at radius 3 is 3.00 bits per heavy atom. The Labute approximate surface area is 77.8 Å². The highest BCUT2D eigenvalue weighted by Crippen LogP contribution is 2.01. The lowest BCUT2D eigenvalue weighted by Gasteiger charge is -1.97. The summed E-state index contributed by atoms with van der Waals surface area (Å²) in [5, 5.41) is 7.58. The summed E-state index contributed by atoms with van der Waals surface area (Å²) < 4.78 is 0. The molecule has 0 aromatic carbocycles. The predicted octanol–water partition coefficient (Wildman–Crippen LogP) is -0.583. The number of hydrogen-bond acceptors (Lipinski definition) is 4. The number of fused-ring (bicyclic) bond motifs is 1. The second-order valence-electron chi connectivity index (χ2n) is 2.69. The number of H-pyrrole nitrogens is 1. The lowest BCUT2D eigenvalue weighted by Crippen LogP contribution is -2.22. The number of rotatable bonds is 1. The van der Waals surface area contributed by atoms with Gasteiger partial charge in [0.15, 0.2) is 5.65 Å². The highest BCUT2D eigenvalue weighted by Gasteiger charge is 2.09. The van der Waals surface area contributed by atoms with E-state index in [9.17, 15) is 9.59 Å². The fraction of sp³-hybridized carbons (Fsp3) is 0. The highest BCUT2D eigenvalue weighted by atomic mass is 16.2. The van der Waals surface area contributed by atoms with E-state index in [0.717, 1.165) is 0 Å². The van der Waals surface area contributed by atoms with E-state index in [1.54, 1.807) is 0 Å². The minimum absolute atomic E-state index is 0.0782. The molecule has 2 aromatic heterocycles. The number of carbonyl (C=O) groups excluding carboxylic acids is 1. The van der Waals surface area contributed by atoms with Crippen molar-refractivity contribution in [3.63, 3.8) is 0 Å². The SMILES string of the molecule is NC(=O)c1c[nH]c2nnccc2c1=O. The van der Waals surface area contributed by atoms with Crippen LogP contribution < -0.4 is 11.2 Å². The number of pyridine rings is 1. The maximum Gasteiger partial charge on any atom is 0.254 e. The molecule has 2 heterocycles. The third kappa shape index (κ3) is 1.13. The smallest absolute Gasteiger partial charge is 0.254 e. The molecule has 0 spiro atoms. The summed E-state index contributed by atoms with van der Waals surface area (Å²) >= 11 is 0. The van der Waals surface area contributed by atoms with E-state index in [0.29, 0.717) is 11.0 Å². The third-order valence-electron chi connectivity index (χ3n) is 1.83. The van der Waals surface area contributed by atoms with Crippen molar-refractivity contribution in [1.29, 1.82) is 0 Å². The molecule has 2 aromatic rings. The van der Waals surface area contributed by atoms with Gasteiger partial charge >= 0.3 is 0 Å². The normalized spacial score (nSPS) is 10.3. The van der Waals surface area contributed by atoms with Gasteiger partial charge in [-0.05, 0) is 6.07 Å². The van der Waals surface area contributed by atoms with E-state index in [-0.39, 0.29) is 5.56 Å². The molecule has 0 aliphatic rings. The molecule has 0 bridgehead atoms. The molecule has 1 amide bonds. The Bertz CT molecular complexity index is 561. The van der Waals surface area contributed by atoms with Crippen LogP contribution in [-0.2, 0) is 0 Å². The number of nitrogens with zero attached hydrogens (tertiary/aromatic N) is 2. The summed E-state index contributed by atoms with van der Waals surface area (Å²) in [5.74, 6) is -0.759. The van der Waals surface area contributed by atoms with Gasteiger partial charge in [0.05, 0.1) is 11.6 Å². The molecular weight excluding hydrogens is 184 g/mol. The van der Waals surface area contributed by atoms with Crippen LogP contribution >= 0.6 is 0 Å².